The molecule has 0 aliphatic rings. The van der Waals surface area contributed by atoms with Crippen molar-refractivity contribution in [3.63, 3.8) is 0 Å². The third kappa shape index (κ3) is 4.07. The monoisotopic (exact) mass is 318 g/mol. The van der Waals surface area contributed by atoms with Gasteiger partial charge in [-0.25, -0.2) is 4.79 Å². The van der Waals surface area contributed by atoms with Gasteiger partial charge < -0.3 is 26.9 Å². The number of H-pyrrole nitrogens is 1. The Bertz CT molecular complexity index is 740. The molecule has 2 amide bonds. The van der Waals surface area contributed by atoms with Gasteiger partial charge in [-0.05, 0) is 11.6 Å². The number of para-hydroxylation sites is 1. The van der Waals surface area contributed by atoms with E-state index in [1.807, 2.05) is 24.3 Å². The second-order valence-electron chi connectivity index (χ2n) is 5.24. The standard InChI is InChI=1S/C15H18N4O4/c16-10(6-13(17)20)14(21)19-12(15(22)23)5-8-7-18-11-4-2-1-3-9(8)11/h1-4,7,10,12,18H,5-6,16H2,(H2,17,20)(H,19,21)(H,22,23)/t10-,12-/m0/s1. The van der Waals surface area contributed by atoms with E-state index in [-0.39, 0.29) is 12.8 Å². The SMILES string of the molecule is NC(=O)C[C@H](N)C(=O)N[C@@H](Cc1c[nH]c2ccccc12)C(=O)O. The third-order valence-electron chi connectivity index (χ3n) is 3.47. The molecule has 122 valence electrons. The van der Waals surface area contributed by atoms with Crippen molar-refractivity contribution in [1.29, 1.82) is 0 Å². The Morgan fingerprint density at radius 3 is 2.61 bits per heavy atom. The van der Waals surface area contributed by atoms with Crippen LogP contribution in [0.15, 0.2) is 30.5 Å². The number of primary amides is 1. The summed E-state index contributed by atoms with van der Waals surface area (Å²) in [7, 11) is 0. The minimum Gasteiger partial charge on any atom is -0.480 e. The van der Waals surface area contributed by atoms with Gasteiger partial charge in [-0.15, -0.1) is 0 Å². The Labute approximate surface area is 131 Å². The zero-order chi connectivity index (χ0) is 17.0. The van der Waals surface area contributed by atoms with Gasteiger partial charge >= 0.3 is 5.97 Å². The highest BCUT2D eigenvalue weighted by atomic mass is 16.4. The molecule has 0 spiro atoms. The predicted molar refractivity (Wildman–Crippen MR) is 83.4 cm³/mol. The lowest BCUT2D eigenvalue weighted by Crippen LogP contribution is -2.50. The van der Waals surface area contributed by atoms with Crippen molar-refractivity contribution in [2.45, 2.75) is 24.9 Å². The van der Waals surface area contributed by atoms with Gasteiger partial charge in [-0.1, -0.05) is 18.2 Å². The van der Waals surface area contributed by atoms with Gasteiger partial charge in [-0.2, -0.15) is 0 Å². The minimum absolute atomic E-state index is 0.0916. The van der Waals surface area contributed by atoms with Crippen molar-refractivity contribution in [3.8, 4) is 0 Å². The molecule has 2 aromatic rings. The molecule has 2 rings (SSSR count). The van der Waals surface area contributed by atoms with Gasteiger partial charge in [0.2, 0.25) is 11.8 Å². The zero-order valence-electron chi connectivity index (χ0n) is 12.3. The van der Waals surface area contributed by atoms with E-state index < -0.39 is 29.9 Å². The number of aromatic amines is 1. The molecule has 7 N–H and O–H groups in total. The van der Waals surface area contributed by atoms with Crippen molar-refractivity contribution in [2.24, 2.45) is 11.5 Å². The normalized spacial score (nSPS) is 13.4. The van der Waals surface area contributed by atoms with Crippen LogP contribution in [0.2, 0.25) is 0 Å². The van der Waals surface area contributed by atoms with Crippen LogP contribution in [0.25, 0.3) is 10.9 Å². The van der Waals surface area contributed by atoms with E-state index in [1.165, 1.54) is 0 Å². The van der Waals surface area contributed by atoms with Crippen LogP contribution in [0.3, 0.4) is 0 Å². The van der Waals surface area contributed by atoms with Crippen LogP contribution in [0.5, 0.6) is 0 Å². The highest BCUT2D eigenvalue weighted by molar-refractivity contribution is 5.91. The van der Waals surface area contributed by atoms with Gasteiger partial charge in [0.1, 0.15) is 6.04 Å². The van der Waals surface area contributed by atoms with E-state index >= 15 is 0 Å². The first-order valence-corrected chi connectivity index (χ1v) is 7.00. The molecule has 0 saturated heterocycles. The topological polar surface area (TPSA) is 151 Å². The molecule has 1 aromatic heterocycles. The number of nitrogens with one attached hydrogen (secondary N) is 2. The van der Waals surface area contributed by atoms with E-state index in [0.717, 1.165) is 16.5 Å². The Morgan fingerprint density at radius 2 is 1.96 bits per heavy atom. The van der Waals surface area contributed by atoms with Gasteiger partial charge in [0, 0.05) is 23.5 Å². The number of rotatable bonds is 7. The summed E-state index contributed by atoms with van der Waals surface area (Å²) in [5.41, 5.74) is 12.1. The summed E-state index contributed by atoms with van der Waals surface area (Å²) in [6, 6.07) is 5.12. The van der Waals surface area contributed by atoms with Crippen molar-refractivity contribution >= 4 is 28.7 Å². The van der Waals surface area contributed by atoms with E-state index in [4.69, 9.17) is 11.5 Å². The smallest absolute Gasteiger partial charge is 0.326 e. The molecule has 1 aromatic carbocycles. The number of aromatic nitrogens is 1. The number of carboxylic acids is 1. The van der Waals surface area contributed by atoms with Gasteiger partial charge in [0.25, 0.3) is 0 Å². The Morgan fingerprint density at radius 1 is 1.26 bits per heavy atom. The molecule has 0 aliphatic heterocycles. The Balaban J connectivity index is 2.11. The zero-order valence-corrected chi connectivity index (χ0v) is 12.3. The average Bonchev–Trinajstić information content (AvgIpc) is 2.89. The van der Waals surface area contributed by atoms with Crippen LogP contribution in [0, 0.1) is 0 Å². The predicted octanol–water partition coefficient (Wildman–Crippen LogP) is -0.517. The number of carboxylic acid groups (broad SMARTS) is 1. The summed E-state index contributed by atoms with van der Waals surface area (Å²) in [5.74, 6) is -2.64. The minimum atomic E-state index is -1.19. The summed E-state index contributed by atoms with van der Waals surface area (Å²) in [4.78, 5) is 37.1. The Kier molecular flexibility index (Phi) is 4.97. The molecule has 23 heavy (non-hydrogen) atoms. The first kappa shape index (κ1) is 16.5. The van der Waals surface area contributed by atoms with E-state index in [0.29, 0.717) is 0 Å². The van der Waals surface area contributed by atoms with Crippen molar-refractivity contribution in [2.75, 3.05) is 0 Å². The third-order valence-corrected chi connectivity index (χ3v) is 3.47. The number of carbonyl (C=O) groups excluding carboxylic acids is 2. The molecule has 0 saturated carbocycles. The van der Waals surface area contributed by atoms with Gasteiger partial charge in [0.15, 0.2) is 0 Å². The summed E-state index contributed by atoms with van der Waals surface area (Å²) in [6.07, 6.45) is 1.45. The molecule has 0 unspecified atom stereocenters. The summed E-state index contributed by atoms with van der Waals surface area (Å²) in [6.45, 7) is 0. The van der Waals surface area contributed by atoms with Crippen LogP contribution in [-0.4, -0.2) is 40.0 Å². The fourth-order valence-corrected chi connectivity index (χ4v) is 2.31. The Hall–Kier alpha value is -2.87. The van der Waals surface area contributed by atoms with E-state index in [9.17, 15) is 19.5 Å². The summed E-state index contributed by atoms with van der Waals surface area (Å²) < 4.78 is 0. The maximum atomic E-state index is 11.9. The number of fused-ring (bicyclic) bond motifs is 1. The average molecular weight is 318 g/mol. The first-order chi connectivity index (χ1) is 10.9. The van der Waals surface area contributed by atoms with Crippen molar-refractivity contribution < 1.29 is 19.5 Å². The van der Waals surface area contributed by atoms with Crippen molar-refractivity contribution in [1.82, 2.24) is 10.3 Å². The molecular formula is C15H18N4O4. The number of amides is 2. The molecule has 8 nitrogen and oxygen atoms in total. The molecule has 0 radical (unpaired) electrons. The lowest BCUT2D eigenvalue weighted by molar-refractivity contribution is -0.142. The molecule has 0 bridgehead atoms. The fourth-order valence-electron chi connectivity index (χ4n) is 2.31. The molecule has 0 fully saturated rings. The lowest BCUT2D eigenvalue weighted by atomic mass is 10.0. The summed E-state index contributed by atoms with van der Waals surface area (Å²) in [5, 5.41) is 12.5. The number of hydrogen-bond acceptors (Lipinski definition) is 4. The highest BCUT2D eigenvalue weighted by Crippen LogP contribution is 2.19. The second-order valence-corrected chi connectivity index (χ2v) is 5.24. The van der Waals surface area contributed by atoms with Crippen LogP contribution in [0.4, 0.5) is 0 Å². The van der Waals surface area contributed by atoms with Crippen LogP contribution in [-0.2, 0) is 20.8 Å². The van der Waals surface area contributed by atoms with Gasteiger partial charge in [-0.3, -0.25) is 9.59 Å². The molecular weight excluding hydrogens is 300 g/mol. The number of benzene rings is 1. The van der Waals surface area contributed by atoms with E-state index in [2.05, 4.69) is 10.3 Å². The molecule has 2 atom stereocenters. The van der Waals surface area contributed by atoms with Crippen LogP contribution >= 0.6 is 0 Å². The highest BCUT2D eigenvalue weighted by Gasteiger charge is 2.25. The first-order valence-electron chi connectivity index (χ1n) is 7.00. The number of aliphatic carboxylic acids is 1. The lowest BCUT2D eigenvalue weighted by Gasteiger charge is -2.17. The van der Waals surface area contributed by atoms with Crippen LogP contribution in [0.1, 0.15) is 12.0 Å². The molecule has 1 heterocycles. The maximum absolute atomic E-state index is 11.9. The van der Waals surface area contributed by atoms with Crippen molar-refractivity contribution in [3.05, 3.63) is 36.0 Å². The number of carbonyl (C=O) groups is 3. The summed E-state index contributed by atoms with van der Waals surface area (Å²) >= 11 is 0. The van der Waals surface area contributed by atoms with E-state index in [1.54, 1.807) is 6.20 Å². The van der Waals surface area contributed by atoms with Crippen LogP contribution < -0.4 is 16.8 Å². The maximum Gasteiger partial charge on any atom is 0.326 e. The fraction of sp³-hybridized carbons (Fsp3) is 0.267. The largest absolute Gasteiger partial charge is 0.480 e. The number of nitrogens with two attached hydrogens (primary N) is 2. The molecule has 0 aliphatic carbocycles. The molecule has 8 heteroatoms. The number of hydrogen-bond donors (Lipinski definition) is 5. The quantitative estimate of drug-likeness (QED) is 0.465. The van der Waals surface area contributed by atoms with Gasteiger partial charge in [0.05, 0.1) is 12.5 Å². The second kappa shape index (κ2) is 6.93.